The Morgan fingerprint density at radius 3 is 1.54 bits per heavy atom. The van der Waals surface area contributed by atoms with E-state index in [1.807, 2.05) is 121 Å². The van der Waals surface area contributed by atoms with Crippen molar-refractivity contribution in [3.05, 3.63) is 203 Å². The molecule has 0 radical (unpaired) electrons. The van der Waals surface area contributed by atoms with Crippen molar-refractivity contribution in [2.45, 2.75) is 31.3 Å². The molecule has 0 aromatic heterocycles. The molecule has 0 bridgehead atoms. The van der Waals surface area contributed by atoms with Gasteiger partial charge in [0.1, 0.15) is 28.2 Å². The van der Waals surface area contributed by atoms with Crippen LogP contribution < -0.4 is 25.0 Å². The van der Waals surface area contributed by atoms with Gasteiger partial charge in [-0.2, -0.15) is 0 Å². The molecule has 0 saturated heterocycles. The quantitative estimate of drug-likeness (QED) is 0.0911. The lowest BCUT2D eigenvalue weighted by Gasteiger charge is -2.44. The summed E-state index contributed by atoms with van der Waals surface area (Å²) in [5, 5.41) is -0.593. The van der Waals surface area contributed by atoms with Crippen LogP contribution in [0.1, 0.15) is 47.2 Å². The summed E-state index contributed by atoms with van der Waals surface area (Å²) >= 11 is 0. The Morgan fingerprint density at radius 1 is 0.537 bits per heavy atom. The van der Waals surface area contributed by atoms with Gasteiger partial charge in [-0.15, -0.1) is 0 Å². The van der Waals surface area contributed by atoms with Gasteiger partial charge < -0.3 is 19.7 Å². The van der Waals surface area contributed by atoms with E-state index in [0.29, 0.717) is 28.2 Å². The molecule has 7 aromatic carbocycles. The highest BCUT2D eigenvalue weighted by molar-refractivity contribution is 7.69. The van der Waals surface area contributed by atoms with Gasteiger partial charge in [0.2, 0.25) is 0 Å². The third-order valence-corrected chi connectivity index (χ3v) is 13.9. The SMILES string of the molecule is COc1ccc(C(C)(C)c2ccc(Oc3ccc(C(c4ccc(C)cc4)(c4ccc(N)cc4)P4(=O)Oc5ccccc5-c5ccccc54)cc3)cc2)cc1. The number of methoxy groups -OCH3 is 1. The van der Waals surface area contributed by atoms with Crippen LogP contribution in [-0.2, 0) is 15.1 Å². The van der Waals surface area contributed by atoms with Crippen molar-refractivity contribution >= 4 is 18.4 Å². The second kappa shape index (κ2) is 13.7. The van der Waals surface area contributed by atoms with Crippen molar-refractivity contribution in [3.8, 4) is 34.1 Å². The first kappa shape index (κ1) is 35.0. The number of aryl methyl sites for hydroxylation is 1. The Bertz CT molecular complexity index is 2430. The maximum Gasteiger partial charge on any atom is 0.296 e. The van der Waals surface area contributed by atoms with Crippen LogP contribution in [0, 0.1) is 6.92 Å². The summed E-state index contributed by atoms with van der Waals surface area (Å²) in [6.45, 7) is 6.48. The third-order valence-electron chi connectivity index (χ3n) is 10.8. The number of para-hydroxylation sites is 1. The fourth-order valence-electron chi connectivity index (χ4n) is 7.71. The minimum absolute atomic E-state index is 0.217. The van der Waals surface area contributed by atoms with Crippen LogP contribution in [0.5, 0.6) is 23.0 Å². The Kier molecular flexibility index (Phi) is 8.92. The van der Waals surface area contributed by atoms with Gasteiger partial charge in [-0.05, 0) is 101 Å². The van der Waals surface area contributed by atoms with Crippen LogP contribution >= 0.6 is 7.37 Å². The van der Waals surface area contributed by atoms with Gasteiger partial charge in [-0.1, -0.05) is 129 Å². The van der Waals surface area contributed by atoms with E-state index in [4.69, 9.17) is 19.7 Å². The lowest BCUT2D eigenvalue weighted by atomic mass is 9.78. The van der Waals surface area contributed by atoms with E-state index in [-0.39, 0.29) is 5.41 Å². The predicted molar refractivity (Wildman–Crippen MR) is 220 cm³/mol. The molecule has 8 rings (SSSR count). The first-order chi connectivity index (χ1) is 26.1. The van der Waals surface area contributed by atoms with Crippen LogP contribution in [0.3, 0.4) is 0 Å². The van der Waals surface area contributed by atoms with Crippen molar-refractivity contribution in [3.63, 3.8) is 0 Å². The van der Waals surface area contributed by atoms with Gasteiger partial charge in [-0.3, -0.25) is 4.57 Å². The standard InChI is InChI=1S/C48H42NO4P/c1-33-13-15-36(16-14-33)48(37-17-25-39(49)26-18-37,54(50)46-12-8-6-10-44(46)43-9-5-7-11-45(43)53-54)38-23-31-42(32-24-38)52-41-29-21-35(22-30-41)47(2,3)34-19-27-40(51-4)28-20-34/h5-32H,49H2,1-4H3. The molecular weight excluding hydrogens is 686 g/mol. The van der Waals surface area contributed by atoms with E-state index in [0.717, 1.165) is 39.1 Å². The predicted octanol–water partition coefficient (Wildman–Crippen LogP) is 11.7. The Hall–Kier alpha value is -6.03. The van der Waals surface area contributed by atoms with Crippen LogP contribution in [0.25, 0.3) is 11.1 Å². The molecule has 2 N–H and O–H groups in total. The number of anilines is 1. The highest BCUT2D eigenvalue weighted by atomic mass is 31.2. The summed E-state index contributed by atoms with van der Waals surface area (Å²) < 4.78 is 35.3. The maximum absolute atomic E-state index is 16.5. The summed E-state index contributed by atoms with van der Waals surface area (Å²) in [6.07, 6.45) is 0. The minimum Gasteiger partial charge on any atom is -0.497 e. The molecule has 0 amide bonds. The first-order valence-electron chi connectivity index (χ1n) is 18.1. The Morgan fingerprint density at radius 2 is 0.981 bits per heavy atom. The molecule has 6 heteroatoms. The Labute approximate surface area is 317 Å². The second-order valence-corrected chi connectivity index (χ2v) is 16.8. The van der Waals surface area contributed by atoms with Gasteiger partial charge in [0.25, 0.3) is 7.37 Å². The third kappa shape index (κ3) is 5.86. The lowest BCUT2D eigenvalue weighted by molar-refractivity contribution is 0.414. The van der Waals surface area contributed by atoms with E-state index in [1.54, 1.807) is 7.11 Å². The molecule has 1 heterocycles. The zero-order chi connectivity index (χ0) is 37.5. The van der Waals surface area contributed by atoms with Gasteiger partial charge in [-0.25, -0.2) is 0 Å². The topological polar surface area (TPSA) is 70.8 Å². The van der Waals surface area contributed by atoms with Crippen molar-refractivity contribution in [1.29, 1.82) is 0 Å². The smallest absolute Gasteiger partial charge is 0.296 e. The molecule has 2 unspecified atom stereocenters. The van der Waals surface area contributed by atoms with Crippen LogP contribution in [-0.4, -0.2) is 7.11 Å². The second-order valence-electron chi connectivity index (χ2n) is 14.4. The molecule has 0 fully saturated rings. The van der Waals surface area contributed by atoms with Crippen molar-refractivity contribution in [1.82, 2.24) is 0 Å². The maximum atomic E-state index is 16.5. The van der Waals surface area contributed by atoms with Gasteiger partial charge in [0, 0.05) is 16.7 Å². The largest absolute Gasteiger partial charge is 0.497 e. The van der Waals surface area contributed by atoms with Crippen molar-refractivity contribution in [2.75, 3.05) is 12.8 Å². The fourth-order valence-corrected chi connectivity index (χ4v) is 11.0. The minimum atomic E-state index is -3.89. The van der Waals surface area contributed by atoms with Crippen LogP contribution in [0.4, 0.5) is 5.69 Å². The number of hydrogen-bond donors (Lipinski definition) is 1. The van der Waals surface area contributed by atoms with E-state index in [1.165, 1.54) is 11.1 Å². The monoisotopic (exact) mass is 727 g/mol. The summed E-state index contributed by atoms with van der Waals surface area (Å²) in [6, 6.07) is 56.0. The normalized spacial score (nSPS) is 15.9. The number of nitrogens with two attached hydrogens (primary N) is 1. The molecule has 0 saturated carbocycles. The number of nitrogen functional groups attached to an aromatic ring is 1. The molecular formula is C48H42NO4P. The van der Waals surface area contributed by atoms with E-state index < -0.39 is 12.5 Å². The summed E-state index contributed by atoms with van der Waals surface area (Å²) in [5.41, 5.74) is 14.4. The van der Waals surface area contributed by atoms with Crippen molar-refractivity contribution in [2.24, 2.45) is 0 Å². The van der Waals surface area contributed by atoms with Crippen LogP contribution in [0.15, 0.2) is 170 Å². The fraction of sp³-hybridized carbons (Fsp3) is 0.125. The van der Waals surface area contributed by atoms with E-state index in [9.17, 15) is 0 Å². The summed E-state index contributed by atoms with van der Waals surface area (Å²) in [4.78, 5) is 0. The average Bonchev–Trinajstić information content (AvgIpc) is 3.20. The zero-order valence-corrected chi connectivity index (χ0v) is 31.7. The van der Waals surface area contributed by atoms with Crippen LogP contribution in [0.2, 0.25) is 0 Å². The number of fused-ring (bicyclic) bond motifs is 3. The number of benzene rings is 7. The first-order valence-corrected chi connectivity index (χ1v) is 19.7. The molecule has 2 atom stereocenters. The molecule has 1 aliphatic heterocycles. The highest BCUT2D eigenvalue weighted by Crippen LogP contribution is 2.71. The number of ether oxygens (including phenoxy) is 2. The molecule has 54 heavy (non-hydrogen) atoms. The van der Waals surface area contributed by atoms with Crippen molar-refractivity contribution < 1.29 is 18.6 Å². The van der Waals surface area contributed by atoms with Gasteiger partial charge in [0.15, 0.2) is 0 Å². The molecule has 1 aliphatic rings. The van der Waals surface area contributed by atoms with E-state index in [2.05, 4.69) is 69.3 Å². The molecule has 5 nitrogen and oxygen atoms in total. The lowest BCUT2D eigenvalue weighted by Crippen LogP contribution is -2.38. The Balaban J connectivity index is 1.23. The summed E-state index contributed by atoms with van der Waals surface area (Å²) in [5.74, 6) is 2.80. The average molecular weight is 728 g/mol. The number of hydrogen-bond acceptors (Lipinski definition) is 5. The van der Waals surface area contributed by atoms with Gasteiger partial charge >= 0.3 is 0 Å². The zero-order valence-electron chi connectivity index (χ0n) is 30.8. The van der Waals surface area contributed by atoms with Gasteiger partial charge in [0.05, 0.1) is 12.4 Å². The van der Waals surface area contributed by atoms with E-state index >= 15 is 4.57 Å². The molecule has 7 aromatic rings. The molecule has 0 aliphatic carbocycles. The molecule has 268 valence electrons. The highest BCUT2D eigenvalue weighted by Gasteiger charge is 2.58. The number of rotatable bonds is 9. The summed E-state index contributed by atoms with van der Waals surface area (Å²) in [7, 11) is -2.22. The molecule has 0 spiro atoms.